The SMILES string of the molecule is CN(C)C1CC([Si](C)(C)NC(C)(C)C)C2C[C@H]3C(CC21)C(C)(C)CCC3(C)C. The van der Waals surface area contributed by atoms with Crippen molar-refractivity contribution in [1.29, 1.82) is 0 Å². The van der Waals surface area contributed by atoms with Gasteiger partial charge in [0.05, 0.1) is 0 Å². The van der Waals surface area contributed by atoms with Crippen LogP contribution in [-0.2, 0) is 0 Å². The highest BCUT2D eigenvalue weighted by atomic mass is 28.3. The first-order chi connectivity index (χ1) is 12.6. The zero-order chi connectivity index (χ0) is 21.3. The van der Waals surface area contributed by atoms with Gasteiger partial charge in [0.1, 0.15) is 8.24 Å². The molecule has 3 aliphatic rings. The number of hydrogen-bond acceptors (Lipinski definition) is 2. The second-order valence-electron chi connectivity index (χ2n) is 14.0. The molecular formula is C25H50N2Si. The first-order valence-corrected chi connectivity index (χ1v) is 15.1. The standard InChI is InChI=1S/C25H50N2Si/c1-23(2,3)26-28(10,11)22-16-21(27(8)9)17-14-19-20(15-18(17)22)25(6,7)13-12-24(19,4)5/h17-22,26H,12-16H2,1-11H3/t17?,18?,19?,20-,21?,22?/m0/s1. The van der Waals surface area contributed by atoms with Crippen LogP contribution in [0.15, 0.2) is 0 Å². The Kier molecular flexibility index (Phi) is 5.78. The van der Waals surface area contributed by atoms with Gasteiger partial charge in [0.25, 0.3) is 0 Å². The monoisotopic (exact) mass is 406 g/mol. The van der Waals surface area contributed by atoms with Crippen molar-refractivity contribution in [3.05, 3.63) is 0 Å². The molecule has 0 aliphatic heterocycles. The molecular weight excluding hydrogens is 356 g/mol. The van der Waals surface area contributed by atoms with Crippen LogP contribution in [0.2, 0.25) is 18.6 Å². The van der Waals surface area contributed by atoms with Gasteiger partial charge in [-0.15, -0.1) is 0 Å². The van der Waals surface area contributed by atoms with Crippen LogP contribution in [0.5, 0.6) is 0 Å². The van der Waals surface area contributed by atoms with Gasteiger partial charge in [-0.05, 0) is 107 Å². The number of nitrogens with zero attached hydrogens (tertiary/aromatic N) is 1. The van der Waals surface area contributed by atoms with Crippen LogP contribution in [-0.4, -0.2) is 38.8 Å². The maximum atomic E-state index is 4.16. The van der Waals surface area contributed by atoms with E-state index < -0.39 is 8.24 Å². The Morgan fingerprint density at radius 3 is 1.71 bits per heavy atom. The molecule has 1 N–H and O–H groups in total. The predicted octanol–water partition coefficient (Wildman–Crippen LogP) is 6.39. The van der Waals surface area contributed by atoms with E-state index in [9.17, 15) is 0 Å². The Balaban J connectivity index is 1.94. The third-order valence-corrected chi connectivity index (χ3v) is 13.2. The molecule has 6 atom stereocenters. The van der Waals surface area contributed by atoms with E-state index in [0.717, 1.165) is 35.3 Å². The summed E-state index contributed by atoms with van der Waals surface area (Å²) in [7, 11) is 3.17. The maximum absolute atomic E-state index is 4.16. The van der Waals surface area contributed by atoms with Crippen molar-refractivity contribution in [3.8, 4) is 0 Å². The molecule has 0 saturated heterocycles. The summed E-state index contributed by atoms with van der Waals surface area (Å²) in [6.45, 7) is 22.7. The van der Waals surface area contributed by atoms with E-state index >= 15 is 0 Å². The third-order valence-electron chi connectivity index (χ3n) is 9.30. The largest absolute Gasteiger partial charge is 0.332 e. The highest BCUT2D eigenvalue weighted by Crippen LogP contribution is 2.65. The number of fused-ring (bicyclic) bond motifs is 2. The summed E-state index contributed by atoms with van der Waals surface area (Å²) in [6.07, 6.45) is 7.22. The Morgan fingerprint density at radius 2 is 1.29 bits per heavy atom. The van der Waals surface area contributed by atoms with Crippen LogP contribution in [0, 0.1) is 34.5 Å². The average molecular weight is 407 g/mol. The van der Waals surface area contributed by atoms with Gasteiger partial charge in [-0.3, -0.25) is 0 Å². The highest BCUT2D eigenvalue weighted by molar-refractivity contribution is 6.76. The van der Waals surface area contributed by atoms with Gasteiger partial charge < -0.3 is 9.88 Å². The van der Waals surface area contributed by atoms with Crippen molar-refractivity contribution in [2.75, 3.05) is 14.1 Å². The molecule has 3 rings (SSSR count). The van der Waals surface area contributed by atoms with E-state index in [1.165, 1.54) is 32.1 Å². The molecule has 0 aromatic rings. The minimum atomic E-state index is -1.52. The summed E-state index contributed by atoms with van der Waals surface area (Å²) in [6, 6.07) is 0.783. The van der Waals surface area contributed by atoms with Crippen molar-refractivity contribution in [3.63, 3.8) is 0 Å². The van der Waals surface area contributed by atoms with Crippen LogP contribution in [0.4, 0.5) is 0 Å². The van der Waals surface area contributed by atoms with Crippen LogP contribution < -0.4 is 4.98 Å². The van der Waals surface area contributed by atoms with E-state index in [2.05, 4.69) is 85.5 Å². The molecule has 3 saturated carbocycles. The molecule has 0 radical (unpaired) electrons. The fourth-order valence-corrected chi connectivity index (χ4v) is 12.4. The number of hydrogen-bond donors (Lipinski definition) is 1. The second kappa shape index (κ2) is 7.09. The Bertz CT molecular complexity index is 572. The van der Waals surface area contributed by atoms with Crippen LogP contribution in [0.1, 0.15) is 80.6 Å². The van der Waals surface area contributed by atoms with Crippen molar-refractivity contribution < 1.29 is 0 Å². The predicted molar refractivity (Wildman–Crippen MR) is 126 cm³/mol. The summed E-state index contributed by atoms with van der Waals surface area (Å²) in [5.41, 5.74) is 2.18. The van der Waals surface area contributed by atoms with E-state index in [4.69, 9.17) is 0 Å². The zero-order valence-corrected chi connectivity index (χ0v) is 21.9. The summed E-state index contributed by atoms with van der Waals surface area (Å²) in [4.78, 5) is 6.74. The number of rotatable bonds is 3. The molecule has 0 bridgehead atoms. The van der Waals surface area contributed by atoms with E-state index in [1.807, 2.05) is 0 Å². The van der Waals surface area contributed by atoms with Gasteiger partial charge in [0.15, 0.2) is 0 Å². The van der Waals surface area contributed by atoms with Crippen molar-refractivity contribution in [2.45, 2.75) is 111 Å². The average Bonchev–Trinajstić information content (AvgIpc) is 2.88. The van der Waals surface area contributed by atoms with Crippen molar-refractivity contribution in [2.24, 2.45) is 34.5 Å². The molecule has 0 heterocycles. The number of nitrogens with one attached hydrogen (secondary N) is 1. The van der Waals surface area contributed by atoms with Crippen LogP contribution in [0.3, 0.4) is 0 Å². The lowest BCUT2D eigenvalue weighted by Crippen LogP contribution is -2.58. The zero-order valence-electron chi connectivity index (χ0n) is 20.9. The highest BCUT2D eigenvalue weighted by Gasteiger charge is 2.59. The Morgan fingerprint density at radius 1 is 0.821 bits per heavy atom. The van der Waals surface area contributed by atoms with Crippen molar-refractivity contribution >= 4 is 8.24 Å². The Labute approximate surface area is 177 Å². The molecule has 0 amide bonds. The second-order valence-corrected chi connectivity index (χ2v) is 18.4. The summed E-state index contributed by atoms with van der Waals surface area (Å²) in [5, 5.41) is 0. The summed E-state index contributed by atoms with van der Waals surface area (Å²) < 4.78 is 0. The topological polar surface area (TPSA) is 15.3 Å². The van der Waals surface area contributed by atoms with E-state index in [-0.39, 0.29) is 5.54 Å². The minimum Gasteiger partial charge on any atom is -0.332 e. The van der Waals surface area contributed by atoms with E-state index in [0.29, 0.717) is 10.8 Å². The summed E-state index contributed by atoms with van der Waals surface area (Å²) >= 11 is 0. The van der Waals surface area contributed by atoms with Gasteiger partial charge in [0.2, 0.25) is 0 Å². The molecule has 2 nitrogen and oxygen atoms in total. The molecule has 28 heavy (non-hydrogen) atoms. The fourth-order valence-electron chi connectivity index (χ4n) is 8.00. The minimum absolute atomic E-state index is 0.227. The fraction of sp³-hybridized carbons (Fsp3) is 1.00. The van der Waals surface area contributed by atoms with Gasteiger partial charge in [-0.1, -0.05) is 40.8 Å². The lowest BCUT2D eigenvalue weighted by Gasteiger charge is -2.58. The lowest BCUT2D eigenvalue weighted by molar-refractivity contribution is -0.0787. The molecule has 3 heteroatoms. The van der Waals surface area contributed by atoms with Gasteiger partial charge in [0, 0.05) is 11.6 Å². The van der Waals surface area contributed by atoms with Gasteiger partial charge in [-0.25, -0.2) is 0 Å². The maximum Gasteiger partial charge on any atom is 0.123 e. The lowest BCUT2D eigenvalue weighted by atomic mass is 9.48. The normalized spacial score (nSPS) is 40.3. The summed E-state index contributed by atoms with van der Waals surface area (Å²) in [5.74, 6) is 3.67. The first-order valence-electron chi connectivity index (χ1n) is 12.0. The van der Waals surface area contributed by atoms with Crippen molar-refractivity contribution in [1.82, 2.24) is 9.88 Å². The molecule has 164 valence electrons. The van der Waals surface area contributed by atoms with Crippen LogP contribution in [0.25, 0.3) is 0 Å². The van der Waals surface area contributed by atoms with E-state index in [1.54, 1.807) is 0 Å². The van der Waals surface area contributed by atoms with Gasteiger partial charge in [-0.2, -0.15) is 0 Å². The molecule has 3 aliphatic carbocycles. The smallest absolute Gasteiger partial charge is 0.123 e. The Hall–Kier alpha value is 0.137. The molecule has 5 unspecified atom stereocenters. The van der Waals surface area contributed by atoms with Crippen LogP contribution >= 0.6 is 0 Å². The molecule has 0 spiro atoms. The quantitative estimate of drug-likeness (QED) is 0.546. The first kappa shape index (κ1) is 22.8. The van der Waals surface area contributed by atoms with Gasteiger partial charge >= 0.3 is 0 Å². The molecule has 0 aromatic heterocycles. The molecule has 3 fully saturated rings. The third kappa shape index (κ3) is 4.14. The molecule has 0 aromatic carbocycles.